The molecule has 0 aromatic heterocycles. The second kappa shape index (κ2) is 6.38. The van der Waals surface area contributed by atoms with Gasteiger partial charge in [-0.05, 0) is 48.8 Å². The highest BCUT2D eigenvalue weighted by atomic mass is 32.1. The van der Waals surface area contributed by atoms with Gasteiger partial charge in [-0.15, -0.1) is 0 Å². The van der Waals surface area contributed by atoms with E-state index in [9.17, 15) is 0 Å². The van der Waals surface area contributed by atoms with Crippen LogP contribution in [0.5, 0.6) is 5.75 Å². The number of rotatable bonds is 4. The zero-order valence-electron chi connectivity index (χ0n) is 11.8. The van der Waals surface area contributed by atoms with Gasteiger partial charge in [-0.2, -0.15) is 0 Å². The molecule has 0 heterocycles. The standard InChI is InChI=1S/C16H23NOS/c1-11-7-12(2)9-15(8-11)18-14-5-3-13(4-6-14)10-16(17)19/h3-6,11-12,15H,7-10H2,1-2H3,(H2,17,19). The fourth-order valence-corrected chi connectivity index (χ4v) is 3.22. The van der Waals surface area contributed by atoms with Crippen molar-refractivity contribution in [3.8, 4) is 5.75 Å². The van der Waals surface area contributed by atoms with Crippen molar-refractivity contribution in [1.82, 2.24) is 0 Å². The molecule has 3 heteroatoms. The summed E-state index contributed by atoms with van der Waals surface area (Å²) in [5, 5.41) is 0. The Bertz CT molecular complexity index is 419. The molecule has 0 aliphatic heterocycles. The van der Waals surface area contributed by atoms with Gasteiger partial charge in [0.1, 0.15) is 5.75 Å². The molecule has 2 nitrogen and oxygen atoms in total. The summed E-state index contributed by atoms with van der Waals surface area (Å²) in [6.07, 6.45) is 4.68. The second-order valence-corrected chi connectivity index (χ2v) is 6.47. The first-order chi connectivity index (χ1) is 9.02. The summed E-state index contributed by atoms with van der Waals surface area (Å²) in [6.45, 7) is 4.63. The lowest BCUT2D eigenvalue weighted by atomic mass is 9.82. The molecule has 0 amide bonds. The van der Waals surface area contributed by atoms with E-state index < -0.39 is 0 Å². The van der Waals surface area contributed by atoms with E-state index >= 15 is 0 Å². The quantitative estimate of drug-likeness (QED) is 0.852. The summed E-state index contributed by atoms with van der Waals surface area (Å²) in [7, 11) is 0. The van der Waals surface area contributed by atoms with Crippen LogP contribution in [0.1, 0.15) is 38.7 Å². The van der Waals surface area contributed by atoms with Crippen LogP contribution in [0.15, 0.2) is 24.3 Å². The Morgan fingerprint density at radius 2 is 1.74 bits per heavy atom. The number of hydrogen-bond acceptors (Lipinski definition) is 2. The van der Waals surface area contributed by atoms with Gasteiger partial charge in [-0.1, -0.05) is 38.2 Å². The van der Waals surface area contributed by atoms with Crippen LogP contribution in [-0.2, 0) is 6.42 Å². The molecular weight excluding hydrogens is 254 g/mol. The highest BCUT2D eigenvalue weighted by Crippen LogP contribution is 2.31. The maximum Gasteiger partial charge on any atom is 0.119 e. The third-order valence-electron chi connectivity index (χ3n) is 3.74. The van der Waals surface area contributed by atoms with Gasteiger partial charge in [0.2, 0.25) is 0 Å². The summed E-state index contributed by atoms with van der Waals surface area (Å²) >= 11 is 4.91. The maximum absolute atomic E-state index is 6.09. The van der Waals surface area contributed by atoms with E-state index in [4.69, 9.17) is 22.7 Å². The smallest absolute Gasteiger partial charge is 0.119 e. The zero-order chi connectivity index (χ0) is 13.8. The van der Waals surface area contributed by atoms with Crippen LogP contribution in [0.3, 0.4) is 0 Å². The minimum Gasteiger partial charge on any atom is -0.490 e. The van der Waals surface area contributed by atoms with Crippen molar-refractivity contribution in [3.05, 3.63) is 29.8 Å². The number of benzene rings is 1. The first kappa shape index (κ1) is 14.3. The molecule has 1 aliphatic rings. The predicted octanol–water partition coefficient (Wildman–Crippen LogP) is 3.72. The molecule has 2 atom stereocenters. The number of nitrogens with two attached hydrogens (primary N) is 1. The van der Waals surface area contributed by atoms with Crippen molar-refractivity contribution in [2.45, 2.75) is 45.6 Å². The molecule has 1 fully saturated rings. The highest BCUT2D eigenvalue weighted by molar-refractivity contribution is 7.80. The van der Waals surface area contributed by atoms with Crippen LogP contribution in [-0.4, -0.2) is 11.1 Å². The average molecular weight is 277 g/mol. The molecular formula is C16H23NOS. The Balaban J connectivity index is 1.93. The van der Waals surface area contributed by atoms with E-state index in [-0.39, 0.29) is 0 Å². The van der Waals surface area contributed by atoms with Gasteiger partial charge in [0.25, 0.3) is 0 Å². The van der Waals surface area contributed by atoms with Gasteiger partial charge < -0.3 is 10.5 Å². The molecule has 1 aromatic carbocycles. The van der Waals surface area contributed by atoms with Gasteiger partial charge >= 0.3 is 0 Å². The Hall–Kier alpha value is -1.09. The fraction of sp³-hybridized carbons (Fsp3) is 0.562. The Morgan fingerprint density at radius 1 is 1.16 bits per heavy atom. The Kier molecular flexibility index (Phi) is 4.81. The summed E-state index contributed by atoms with van der Waals surface area (Å²) < 4.78 is 6.09. The van der Waals surface area contributed by atoms with Crippen LogP contribution in [0.25, 0.3) is 0 Å². The molecule has 2 rings (SSSR count). The van der Waals surface area contributed by atoms with Gasteiger partial charge in [0.05, 0.1) is 11.1 Å². The first-order valence-electron chi connectivity index (χ1n) is 7.07. The minimum absolute atomic E-state index is 0.361. The van der Waals surface area contributed by atoms with E-state index in [0.29, 0.717) is 17.5 Å². The van der Waals surface area contributed by atoms with E-state index in [1.54, 1.807) is 0 Å². The molecule has 0 spiro atoms. The third-order valence-corrected chi connectivity index (χ3v) is 3.88. The molecule has 1 aromatic rings. The fourth-order valence-electron chi connectivity index (χ4n) is 3.05. The molecule has 1 saturated carbocycles. The van der Waals surface area contributed by atoms with Gasteiger partial charge in [-0.3, -0.25) is 0 Å². The molecule has 2 unspecified atom stereocenters. The lowest BCUT2D eigenvalue weighted by Crippen LogP contribution is -2.28. The molecule has 2 N–H and O–H groups in total. The van der Waals surface area contributed by atoms with Crippen LogP contribution >= 0.6 is 12.2 Å². The summed E-state index contributed by atoms with van der Waals surface area (Å²) in [5.74, 6) is 2.49. The van der Waals surface area contributed by atoms with Crippen LogP contribution in [0.4, 0.5) is 0 Å². The third kappa shape index (κ3) is 4.50. The van der Waals surface area contributed by atoms with Crippen molar-refractivity contribution in [2.75, 3.05) is 0 Å². The zero-order valence-corrected chi connectivity index (χ0v) is 12.6. The molecule has 104 valence electrons. The van der Waals surface area contributed by atoms with Gasteiger partial charge in [0, 0.05) is 6.42 Å². The van der Waals surface area contributed by atoms with Gasteiger partial charge in [0.15, 0.2) is 0 Å². The van der Waals surface area contributed by atoms with E-state index in [1.165, 1.54) is 19.3 Å². The highest BCUT2D eigenvalue weighted by Gasteiger charge is 2.25. The molecule has 0 radical (unpaired) electrons. The topological polar surface area (TPSA) is 35.2 Å². The van der Waals surface area contributed by atoms with E-state index in [1.807, 2.05) is 24.3 Å². The lowest BCUT2D eigenvalue weighted by molar-refractivity contribution is 0.101. The van der Waals surface area contributed by atoms with E-state index in [0.717, 1.165) is 23.1 Å². The normalized spacial score (nSPS) is 26.9. The van der Waals surface area contributed by atoms with Crippen LogP contribution in [0.2, 0.25) is 0 Å². The van der Waals surface area contributed by atoms with Crippen molar-refractivity contribution in [2.24, 2.45) is 17.6 Å². The van der Waals surface area contributed by atoms with Crippen LogP contribution < -0.4 is 10.5 Å². The summed E-state index contributed by atoms with van der Waals surface area (Å²) in [6, 6.07) is 8.14. The van der Waals surface area contributed by atoms with Crippen molar-refractivity contribution in [1.29, 1.82) is 0 Å². The monoisotopic (exact) mass is 277 g/mol. The number of hydrogen-bond donors (Lipinski definition) is 1. The summed E-state index contributed by atoms with van der Waals surface area (Å²) in [5.41, 5.74) is 6.69. The number of thiocarbonyl (C=S) groups is 1. The molecule has 1 aliphatic carbocycles. The van der Waals surface area contributed by atoms with Crippen molar-refractivity contribution < 1.29 is 4.74 Å². The summed E-state index contributed by atoms with van der Waals surface area (Å²) in [4.78, 5) is 0.531. The van der Waals surface area contributed by atoms with Crippen LogP contribution in [0, 0.1) is 11.8 Å². The van der Waals surface area contributed by atoms with Crippen molar-refractivity contribution >= 4 is 17.2 Å². The lowest BCUT2D eigenvalue weighted by Gasteiger charge is -2.31. The molecule has 19 heavy (non-hydrogen) atoms. The largest absolute Gasteiger partial charge is 0.490 e. The average Bonchev–Trinajstić information content (AvgIpc) is 2.29. The maximum atomic E-state index is 6.09. The van der Waals surface area contributed by atoms with Gasteiger partial charge in [-0.25, -0.2) is 0 Å². The Morgan fingerprint density at radius 3 is 2.26 bits per heavy atom. The van der Waals surface area contributed by atoms with Crippen molar-refractivity contribution in [3.63, 3.8) is 0 Å². The second-order valence-electron chi connectivity index (χ2n) is 5.94. The van der Waals surface area contributed by atoms with E-state index in [2.05, 4.69) is 13.8 Å². The molecule has 0 bridgehead atoms. The SMILES string of the molecule is CC1CC(C)CC(Oc2ccc(CC(N)=S)cc2)C1. The Labute approximate surface area is 121 Å². The number of ether oxygens (including phenoxy) is 1. The molecule has 0 saturated heterocycles. The first-order valence-corrected chi connectivity index (χ1v) is 7.47. The minimum atomic E-state index is 0.361. The predicted molar refractivity (Wildman–Crippen MR) is 83.5 cm³/mol.